The van der Waals surface area contributed by atoms with Crippen molar-refractivity contribution in [2.45, 2.75) is 309 Å². The van der Waals surface area contributed by atoms with Crippen LogP contribution in [-0.2, 0) is 28.6 Å². The fourth-order valence-corrected chi connectivity index (χ4v) is 8.29. The predicted octanol–water partition coefficient (Wildman–Crippen LogP) is 18.9. The molecule has 0 unspecified atom stereocenters. The van der Waals surface area contributed by atoms with Crippen molar-refractivity contribution in [1.82, 2.24) is 0 Å². The summed E-state index contributed by atoms with van der Waals surface area (Å²) >= 11 is 0. The van der Waals surface area contributed by atoms with Crippen LogP contribution in [0.25, 0.3) is 0 Å². The van der Waals surface area contributed by atoms with Gasteiger partial charge in [0.2, 0.25) is 0 Å². The molecule has 65 heavy (non-hydrogen) atoms. The average Bonchev–Trinajstić information content (AvgIpc) is 3.30. The van der Waals surface area contributed by atoms with Crippen LogP contribution in [0, 0.1) is 0 Å². The first-order chi connectivity index (χ1) is 32.0. The number of carbonyl (C=O) groups is 3. The van der Waals surface area contributed by atoms with Crippen LogP contribution in [0.15, 0.2) is 36.5 Å². The summed E-state index contributed by atoms with van der Waals surface area (Å²) in [5.74, 6) is -0.875. The van der Waals surface area contributed by atoms with Gasteiger partial charge in [0.15, 0.2) is 6.10 Å². The zero-order valence-corrected chi connectivity index (χ0v) is 43.5. The zero-order chi connectivity index (χ0) is 47.2. The summed E-state index contributed by atoms with van der Waals surface area (Å²) in [4.78, 5) is 38.1. The summed E-state index contributed by atoms with van der Waals surface area (Å²) in [6, 6.07) is 0. The van der Waals surface area contributed by atoms with E-state index in [0.29, 0.717) is 19.3 Å². The first-order valence-corrected chi connectivity index (χ1v) is 28.5. The van der Waals surface area contributed by atoms with Gasteiger partial charge in [-0.2, -0.15) is 0 Å². The second kappa shape index (κ2) is 54.2. The standard InChI is InChI=1S/C59H108O6/c1-4-7-10-13-16-19-22-25-27-29-31-34-37-40-43-46-49-52-58(61)64-55-56(54-63-57(60)51-48-45-42-39-36-33-24-21-18-15-12-9-6-3)65-59(62)53-50-47-44-41-38-35-32-30-28-26-23-20-17-14-11-8-5-2/h16,19,21,24-25,27,56H,4-15,17-18,20,22-23,26,28-55H2,1-3H3/b19-16-,24-21-,27-25-/t56-/m0/s1. The SMILES string of the molecule is CCCCC/C=C\C/C=C\CCCCCCCCCC(=O)OC[C@H](COC(=O)CCCCCCC/C=C\CCCCCC)OC(=O)CCCCCCCCCCCCCCCCCCC. The van der Waals surface area contributed by atoms with Crippen molar-refractivity contribution < 1.29 is 28.6 Å². The first-order valence-electron chi connectivity index (χ1n) is 28.5. The van der Waals surface area contributed by atoms with Crippen LogP contribution in [0.5, 0.6) is 0 Å². The maximum atomic E-state index is 12.8. The van der Waals surface area contributed by atoms with Crippen LogP contribution >= 0.6 is 0 Å². The summed E-state index contributed by atoms with van der Waals surface area (Å²) in [7, 11) is 0. The van der Waals surface area contributed by atoms with E-state index >= 15 is 0 Å². The molecule has 0 aromatic carbocycles. The Hall–Kier alpha value is -2.37. The third-order valence-electron chi connectivity index (χ3n) is 12.6. The minimum Gasteiger partial charge on any atom is -0.462 e. The second-order valence-electron chi connectivity index (χ2n) is 19.2. The van der Waals surface area contributed by atoms with Crippen LogP contribution < -0.4 is 0 Å². The number of rotatable bonds is 52. The number of allylic oxidation sites excluding steroid dienone is 6. The number of unbranched alkanes of at least 4 members (excludes halogenated alkanes) is 35. The summed E-state index contributed by atoms with van der Waals surface area (Å²) in [6.07, 6.45) is 64.1. The van der Waals surface area contributed by atoms with Crippen molar-refractivity contribution in [1.29, 1.82) is 0 Å². The van der Waals surface area contributed by atoms with Gasteiger partial charge in [-0.05, 0) is 77.0 Å². The molecule has 0 aromatic rings. The Morgan fingerprint density at radius 3 is 0.908 bits per heavy atom. The molecule has 0 heterocycles. The Bertz CT molecular complexity index is 1090. The highest BCUT2D eigenvalue weighted by atomic mass is 16.6. The third kappa shape index (κ3) is 52.5. The molecule has 6 nitrogen and oxygen atoms in total. The second-order valence-corrected chi connectivity index (χ2v) is 19.2. The quantitative estimate of drug-likeness (QED) is 0.0262. The van der Waals surface area contributed by atoms with Crippen molar-refractivity contribution in [3.05, 3.63) is 36.5 Å². The highest BCUT2D eigenvalue weighted by Gasteiger charge is 2.19. The monoisotopic (exact) mass is 913 g/mol. The molecule has 0 N–H and O–H groups in total. The van der Waals surface area contributed by atoms with E-state index in [1.54, 1.807) is 0 Å². The summed E-state index contributed by atoms with van der Waals surface area (Å²) in [5, 5.41) is 0. The molecule has 0 aliphatic rings. The lowest BCUT2D eigenvalue weighted by atomic mass is 10.0. The molecule has 0 bridgehead atoms. The van der Waals surface area contributed by atoms with E-state index in [2.05, 4.69) is 57.2 Å². The molecule has 0 amide bonds. The van der Waals surface area contributed by atoms with Crippen molar-refractivity contribution in [3.8, 4) is 0 Å². The predicted molar refractivity (Wildman–Crippen MR) is 279 cm³/mol. The first kappa shape index (κ1) is 62.6. The minimum absolute atomic E-state index is 0.0756. The molecular formula is C59H108O6. The fourth-order valence-electron chi connectivity index (χ4n) is 8.29. The number of hydrogen-bond donors (Lipinski definition) is 0. The number of ether oxygens (including phenoxy) is 3. The molecule has 0 spiro atoms. The smallest absolute Gasteiger partial charge is 0.306 e. The molecule has 0 aliphatic carbocycles. The molecule has 0 rings (SSSR count). The van der Waals surface area contributed by atoms with E-state index in [1.807, 2.05) is 0 Å². The van der Waals surface area contributed by atoms with Gasteiger partial charge in [0.05, 0.1) is 0 Å². The average molecular weight is 914 g/mol. The largest absolute Gasteiger partial charge is 0.462 e. The topological polar surface area (TPSA) is 78.9 Å². The minimum atomic E-state index is -0.775. The summed E-state index contributed by atoms with van der Waals surface area (Å²) in [5.41, 5.74) is 0. The van der Waals surface area contributed by atoms with Crippen molar-refractivity contribution in [2.24, 2.45) is 0 Å². The zero-order valence-electron chi connectivity index (χ0n) is 43.5. The summed E-state index contributed by atoms with van der Waals surface area (Å²) in [6.45, 7) is 6.62. The molecule has 0 aromatic heterocycles. The highest BCUT2D eigenvalue weighted by Crippen LogP contribution is 2.16. The molecule has 0 aliphatic heterocycles. The molecule has 1 atom stereocenters. The van der Waals surface area contributed by atoms with Crippen LogP contribution in [0.2, 0.25) is 0 Å². The Labute approximate surface area is 404 Å². The Balaban J connectivity index is 4.35. The molecule has 380 valence electrons. The summed E-state index contributed by atoms with van der Waals surface area (Å²) < 4.78 is 16.9. The van der Waals surface area contributed by atoms with Gasteiger partial charge in [0.1, 0.15) is 13.2 Å². The number of esters is 3. The lowest BCUT2D eigenvalue weighted by Crippen LogP contribution is -2.30. The molecule has 0 saturated heterocycles. The molecular weight excluding hydrogens is 805 g/mol. The van der Waals surface area contributed by atoms with Gasteiger partial charge in [0, 0.05) is 19.3 Å². The molecule has 0 radical (unpaired) electrons. The lowest BCUT2D eigenvalue weighted by Gasteiger charge is -2.18. The Kier molecular flexibility index (Phi) is 52.3. The van der Waals surface area contributed by atoms with Gasteiger partial charge in [-0.15, -0.1) is 0 Å². The molecule has 6 heteroatoms. The lowest BCUT2D eigenvalue weighted by molar-refractivity contribution is -0.167. The van der Waals surface area contributed by atoms with E-state index in [-0.39, 0.29) is 31.1 Å². The Morgan fingerprint density at radius 2 is 0.554 bits per heavy atom. The van der Waals surface area contributed by atoms with E-state index in [4.69, 9.17) is 14.2 Å². The number of carbonyl (C=O) groups excluding carboxylic acids is 3. The van der Waals surface area contributed by atoms with Crippen molar-refractivity contribution in [2.75, 3.05) is 13.2 Å². The van der Waals surface area contributed by atoms with Crippen molar-refractivity contribution in [3.63, 3.8) is 0 Å². The third-order valence-corrected chi connectivity index (χ3v) is 12.6. The fraction of sp³-hybridized carbons (Fsp3) is 0.847. The van der Waals surface area contributed by atoms with Gasteiger partial charge >= 0.3 is 17.9 Å². The normalized spacial score (nSPS) is 12.2. The van der Waals surface area contributed by atoms with Crippen molar-refractivity contribution >= 4 is 17.9 Å². The van der Waals surface area contributed by atoms with Crippen LogP contribution in [0.4, 0.5) is 0 Å². The van der Waals surface area contributed by atoms with Gasteiger partial charge in [0.25, 0.3) is 0 Å². The maximum Gasteiger partial charge on any atom is 0.306 e. The van der Waals surface area contributed by atoms with E-state index in [0.717, 1.165) is 77.0 Å². The molecule has 0 saturated carbocycles. The Morgan fingerprint density at radius 1 is 0.308 bits per heavy atom. The van der Waals surface area contributed by atoms with E-state index < -0.39 is 6.10 Å². The molecule has 0 fully saturated rings. The van der Waals surface area contributed by atoms with Gasteiger partial charge in [-0.25, -0.2) is 0 Å². The van der Waals surface area contributed by atoms with Gasteiger partial charge in [-0.3, -0.25) is 14.4 Å². The highest BCUT2D eigenvalue weighted by molar-refractivity contribution is 5.71. The maximum absolute atomic E-state index is 12.8. The van der Waals surface area contributed by atoms with Crippen LogP contribution in [-0.4, -0.2) is 37.2 Å². The van der Waals surface area contributed by atoms with E-state index in [1.165, 1.54) is 186 Å². The van der Waals surface area contributed by atoms with Gasteiger partial charge < -0.3 is 14.2 Å². The van der Waals surface area contributed by atoms with Gasteiger partial charge in [-0.1, -0.05) is 243 Å². The number of hydrogen-bond acceptors (Lipinski definition) is 6. The van der Waals surface area contributed by atoms with Crippen LogP contribution in [0.1, 0.15) is 303 Å². The van der Waals surface area contributed by atoms with E-state index in [9.17, 15) is 14.4 Å². The van der Waals surface area contributed by atoms with Crippen LogP contribution in [0.3, 0.4) is 0 Å².